The molecule has 0 aromatic rings. The summed E-state index contributed by atoms with van der Waals surface area (Å²) < 4.78 is 0. The minimum atomic E-state index is 0.639. The van der Waals surface area contributed by atoms with Crippen LogP contribution in [-0.4, -0.2) is 30.3 Å². The highest BCUT2D eigenvalue weighted by Crippen LogP contribution is 1.63. The lowest BCUT2D eigenvalue weighted by molar-refractivity contribution is 0.0110. The average molecular weight is 119 g/mol. The first-order chi connectivity index (χ1) is 3.15. The average Bonchev–Trinajstić information content (AvgIpc) is 1.33. The van der Waals surface area contributed by atoms with Gasteiger partial charge in [-0.1, -0.05) is 0 Å². The van der Waals surface area contributed by atoms with E-state index in [-0.39, 0.29) is 0 Å². The molecule has 0 unspecified atom stereocenters. The third-order valence-corrected chi connectivity index (χ3v) is 0. The zero-order valence-corrected chi connectivity index (χ0v) is 5.83. The first kappa shape index (κ1) is 9.88. The molecule has 0 heterocycles. The van der Waals surface area contributed by atoms with Crippen LogP contribution < -0.4 is 0 Å². The maximum absolute atomic E-state index is 7.08. The fourth-order valence-electron chi connectivity index (χ4n) is 0. The Labute approximate surface area is 47.5 Å². The van der Waals surface area contributed by atoms with Crippen molar-refractivity contribution in [2.45, 2.75) is 0 Å². The molecule has 0 amide bonds. The van der Waals surface area contributed by atoms with Gasteiger partial charge in [0.2, 0.25) is 6.72 Å². The second kappa shape index (κ2) is 9.21. The predicted octanol–water partition coefficient (Wildman–Crippen LogP) is 0.411. The van der Waals surface area contributed by atoms with Gasteiger partial charge in [-0.25, -0.2) is 0 Å². The van der Waals surface area contributed by atoms with E-state index in [4.69, 9.17) is 5.53 Å². The van der Waals surface area contributed by atoms with Gasteiger partial charge in [0.25, 0.3) is 0 Å². The fourth-order valence-corrected chi connectivity index (χ4v) is 0. The van der Waals surface area contributed by atoms with Gasteiger partial charge in [0, 0.05) is 0 Å². The van der Waals surface area contributed by atoms with Crippen molar-refractivity contribution < 1.29 is 4.79 Å². The van der Waals surface area contributed by atoms with Crippen LogP contribution in [-0.2, 0) is 10.9 Å². The number of hydrogen-bond acceptors (Lipinski definition) is 0. The van der Waals surface area contributed by atoms with Gasteiger partial charge >= 0.3 is 0 Å². The molecule has 0 rings (SSSR count). The van der Waals surface area contributed by atoms with Crippen LogP contribution in [0.3, 0.4) is 0 Å². The van der Waals surface area contributed by atoms with Crippen LogP contribution in [0.1, 0.15) is 0 Å². The summed E-state index contributed by atoms with van der Waals surface area (Å²) in [4.78, 5) is 2.25. The van der Waals surface area contributed by atoms with Crippen molar-refractivity contribution in [2.75, 3.05) is 18.8 Å². The maximum atomic E-state index is 7.08. The van der Waals surface area contributed by atoms with E-state index in [0.29, 0.717) is 10.9 Å². The third kappa shape index (κ3) is 1090. The lowest BCUT2D eigenvalue weighted by Crippen LogP contribution is -1.84. The van der Waals surface area contributed by atoms with Crippen LogP contribution in [0.25, 0.3) is 5.53 Å². The number of hydrogen-bond donors (Lipinski definition) is 0. The summed E-state index contributed by atoms with van der Waals surface area (Å²) in [5.41, 5.74) is 7.08. The number of rotatable bonds is 0. The van der Waals surface area contributed by atoms with Crippen molar-refractivity contribution in [1.29, 1.82) is 0 Å². The first-order valence-electron chi connectivity index (χ1n) is 1.74. The lowest BCUT2D eigenvalue weighted by Gasteiger charge is -1.69. The Hall–Kier alpha value is -0.270. The molecule has 0 saturated carbocycles. The minimum Gasteiger partial charge on any atom is -0.362 e. The topological polar surface area (TPSA) is 36.4 Å². The molecule has 0 fully saturated rings. The Kier molecular flexibility index (Phi) is 13.0. The van der Waals surface area contributed by atoms with E-state index in [1.165, 1.54) is 0 Å². The van der Waals surface area contributed by atoms with Crippen LogP contribution in [0.5, 0.6) is 0 Å². The zero-order valence-electron chi connectivity index (χ0n) is 5.01. The van der Waals surface area contributed by atoms with E-state index in [9.17, 15) is 0 Å². The van der Waals surface area contributed by atoms with Crippen molar-refractivity contribution in [2.24, 2.45) is 0 Å². The molecule has 0 aromatic carbocycles. The molecule has 0 aliphatic heterocycles. The van der Waals surface area contributed by atoms with Gasteiger partial charge in [-0.05, 0) is 10.9 Å². The van der Waals surface area contributed by atoms with Crippen molar-refractivity contribution in [3.05, 3.63) is 5.53 Å². The Bertz CT molecular complexity index is 52.0. The second-order valence-electron chi connectivity index (χ2n) is 1.37. The van der Waals surface area contributed by atoms with Gasteiger partial charge < -0.3 is 5.53 Å². The van der Waals surface area contributed by atoms with Crippen molar-refractivity contribution in [3.8, 4) is 0 Å². The smallest absolute Gasteiger partial charge is 0.245 e. The van der Waals surface area contributed by atoms with Crippen LogP contribution in [0.4, 0.5) is 0 Å². The molecule has 0 saturated heterocycles. The summed E-state index contributed by atoms with van der Waals surface area (Å²) in [5.74, 6) is 0. The first-order valence-corrected chi connectivity index (χ1v) is 4.19. The molecule has 7 heavy (non-hydrogen) atoms. The molecule has 0 aromatic heterocycles. The van der Waals surface area contributed by atoms with Gasteiger partial charge in [-0.15, -0.1) is 0 Å². The SMILES string of the molecule is C=[N+]=[N-].C[S+](C)C. The highest BCUT2D eigenvalue weighted by atomic mass is 32.2. The van der Waals surface area contributed by atoms with Gasteiger partial charge in [0.05, 0.1) is 18.8 Å². The van der Waals surface area contributed by atoms with Gasteiger partial charge in [0.1, 0.15) is 0 Å². The van der Waals surface area contributed by atoms with E-state index in [0.717, 1.165) is 0 Å². The van der Waals surface area contributed by atoms with E-state index < -0.39 is 0 Å². The summed E-state index contributed by atoms with van der Waals surface area (Å²) in [6.45, 7) is 2.67. The Morgan fingerprint density at radius 1 is 1.43 bits per heavy atom. The molecule has 0 aliphatic rings. The predicted molar refractivity (Wildman–Crippen MR) is 35.9 cm³/mol. The molecular formula is C4H11N2S+. The maximum Gasteiger partial charge on any atom is 0.245 e. The Balaban J connectivity index is 0. The normalized spacial score (nSPS) is 6.29. The molecule has 0 radical (unpaired) electrons. The summed E-state index contributed by atoms with van der Waals surface area (Å²) in [6, 6.07) is 0. The van der Waals surface area contributed by atoms with Crippen LogP contribution in [0.15, 0.2) is 0 Å². The summed E-state index contributed by atoms with van der Waals surface area (Å²) in [7, 11) is 0.639. The quantitative estimate of drug-likeness (QED) is 0.192. The van der Waals surface area contributed by atoms with Crippen LogP contribution in [0.2, 0.25) is 0 Å². The molecule has 0 bridgehead atoms. The van der Waals surface area contributed by atoms with E-state index in [2.05, 4.69) is 30.3 Å². The van der Waals surface area contributed by atoms with Crippen molar-refractivity contribution in [1.82, 2.24) is 0 Å². The summed E-state index contributed by atoms with van der Waals surface area (Å²) >= 11 is 0. The highest BCUT2D eigenvalue weighted by molar-refractivity contribution is 7.94. The molecule has 42 valence electrons. The molecule has 0 aliphatic carbocycles. The molecule has 0 atom stereocenters. The highest BCUT2D eigenvalue weighted by Gasteiger charge is 1.77. The Morgan fingerprint density at radius 2 is 1.43 bits per heavy atom. The van der Waals surface area contributed by atoms with E-state index in [1.54, 1.807) is 0 Å². The van der Waals surface area contributed by atoms with Crippen LogP contribution >= 0.6 is 0 Å². The third-order valence-electron chi connectivity index (χ3n) is 0. The molecule has 2 nitrogen and oxygen atoms in total. The molecule has 3 heteroatoms. The second-order valence-corrected chi connectivity index (χ2v) is 3.82. The van der Waals surface area contributed by atoms with Crippen LogP contribution in [0, 0.1) is 0 Å². The van der Waals surface area contributed by atoms with E-state index >= 15 is 0 Å². The Morgan fingerprint density at radius 3 is 1.43 bits per heavy atom. The van der Waals surface area contributed by atoms with Gasteiger partial charge in [0.15, 0.2) is 0 Å². The largest absolute Gasteiger partial charge is 0.362 e. The van der Waals surface area contributed by atoms with Gasteiger partial charge in [-0.2, -0.15) is 4.79 Å². The minimum absolute atomic E-state index is 0.639. The fraction of sp³-hybridized carbons (Fsp3) is 0.750. The van der Waals surface area contributed by atoms with E-state index in [1.807, 2.05) is 0 Å². The number of nitrogens with zero attached hydrogens (tertiary/aromatic N) is 2. The summed E-state index contributed by atoms with van der Waals surface area (Å²) in [5, 5.41) is 0. The van der Waals surface area contributed by atoms with Gasteiger partial charge in [-0.3, -0.25) is 0 Å². The monoisotopic (exact) mass is 119 g/mol. The molecule has 0 N–H and O–H groups in total. The van der Waals surface area contributed by atoms with Crippen molar-refractivity contribution >= 4 is 17.6 Å². The summed E-state index contributed by atoms with van der Waals surface area (Å²) in [6.07, 6.45) is 6.58. The standard InChI is InChI=1S/C3H9S.CH2N2/c1-4(2)3;1-3-2/h1-3H3;1H2/q+1;. The molecule has 0 spiro atoms. The lowest BCUT2D eigenvalue weighted by atomic mass is 11.8. The zero-order chi connectivity index (χ0) is 6.28. The van der Waals surface area contributed by atoms with Crippen molar-refractivity contribution in [3.63, 3.8) is 0 Å². The molecular weight excluding hydrogens is 108 g/mol.